The van der Waals surface area contributed by atoms with Crippen molar-refractivity contribution in [2.75, 3.05) is 0 Å². The van der Waals surface area contributed by atoms with Crippen LogP contribution in [0.4, 0.5) is 9.18 Å². The summed E-state index contributed by atoms with van der Waals surface area (Å²) in [6.07, 6.45) is -0.0884. The number of nitrogens with two attached hydrogens (primary N) is 1. The van der Waals surface area contributed by atoms with E-state index < -0.39 is 18.2 Å². The number of nitrogens with zero attached hydrogens (tertiary/aromatic N) is 2. The lowest BCUT2D eigenvalue weighted by Gasteiger charge is -2.24. The highest BCUT2D eigenvalue weighted by Crippen LogP contribution is 2.21. The van der Waals surface area contributed by atoms with E-state index in [0.29, 0.717) is 17.2 Å². The lowest BCUT2D eigenvalue weighted by atomic mass is 10.0. The van der Waals surface area contributed by atoms with Gasteiger partial charge in [-0.25, -0.2) is 9.18 Å². The van der Waals surface area contributed by atoms with Crippen molar-refractivity contribution in [2.45, 2.75) is 25.5 Å². The fraction of sp³-hybridized carbons (Fsp3) is 0.333. The van der Waals surface area contributed by atoms with Gasteiger partial charge in [0.2, 0.25) is 0 Å². The zero-order valence-electron chi connectivity index (χ0n) is 10.3. The quantitative estimate of drug-likeness (QED) is 0.642. The zero-order chi connectivity index (χ0) is 14.0. The van der Waals surface area contributed by atoms with Crippen LogP contribution in [-0.4, -0.2) is 34.2 Å². The molecule has 19 heavy (non-hydrogen) atoms. The Balaban J connectivity index is 2.03. The van der Waals surface area contributed by atoms with Gasteiger partial charge in [0.15, 0.2) is 6.10 Å². The molecule has 2 atom stereocenters. The highest BCUT2D eigenvalue weighted by atomic mass is 19.1. The first-order valence-electron chi connectivity index (χ1n) is 5.75. The Morgan fingerprint density at radius 1 is 1.58 bits per heavy atom. The van der Waals surface area contributed by atoms with Crippen molar-refractivity contribution in [1.82, 2.24) is 5.06 Å². The summed E-state index contributed by atoms with van der Waals surface area (Å²) in [5, 5.41) is 13.7. The molecular formula is C12H14FN3O3. The molecule has 1 aliphatic rings. The number of amides is 2. The lowest BCUT2D eigenvalue weighted by molar-refractivity contribution is -0.111. The van der Waals surface area contributed by atoms with Crippen LogP contribution in [-0.2, 0) is 4.84 Å². The van der Waals surface area contributed by atoms with Crippen LogP contribution in [0.2, 0.25) is 0 Å². The van der Waals surface area contributed by atoms with Crippen LogP contribution in [0.1, 0.15) is 18.9 Å². The van der Waals surface area contributed by atoms with Crippen molar-refractivity contribution in [1.29, 1.82) is 0 Å². The number of carbonyl (C=O) groups is 1. The average molecular weight is 267 g/mol. The van der Waals surface area contributed by atoms with E-state index in [2.05, 4.69) is 5.16 Å². The summed E-state index contributed by atoms with van der Waals surface area (Å²) in [4.78, 5) is 16.0. The molecular weight excluding hydrogens is 253 g/mol. The van der Waals surface area contributed by atoms with Gasteiger partial charge < -0.3 is 10.6 Å². The second-order valence-corrected chi connectivity index (χ2v) is 4.32. The summed E-state index contributed by atoms with van der Waals surface area (Å²) in [7, 11) is 0. The molecule has 0 aliphatic carbocycles. The number of rotatable bonds is 3. The van der Waals surface area contributed by atoms with Crippen LogP contribution >= 0.6 is 0 Å². The van der Waals surface area contributed by atoms with E-state index in [-0.39, 0.29) is 5.82 Å². The molecule has 2 amide bonds. The van der Waals surface area contributed by atoms with E-state index >= 15 is 0 Å². The van der Waals surface area contributed by atoms with Crippen LogP contribution < -0.4 is 5.73 Å². The second kappa shape index (κ2) is 5.23. The summed E-state index contributed by atoms with van der Waals surface area (Å²) in [5.41, 5.74) is 6.34. The highest BCUT2D eigenvalue weighted by Gasteiger charge is 2.32. The molecule has 2 rings (SSSR count). The van der Waals surface area contributed by atoms with Crippen molar-refractivity contribution in [3.8, 4) is 0 Å². The molecule has 1 aliphatic heterocycles. The normalized spacial score (nSPS) is 19.5. The summed E-state index contributed by atoms with van der Waals surface area (Å²) in [6, 6.07) is 4.27. The third kappa shape index (κ3) is 2.82. The van der Waals surface area contributed by atoms with Crippen molar-refractivity contribution in [2.24, 2.45) is 10.9 Å². The third-order valence-electron chi connectivity index (χ3n) is 3.02. The minimum atomic E-state index is -0.952. The molecule has 1 heterocycles. The molecule has 0 saturated heterocycles. The Labute approximate surface area is 109 Å². The Bertz CT molecular complexity index is 503. The molecule has 3 N–H and O–H groups in total. The number of oxime groups is 1. The number of hydrogen-bond donors (Lipinski definition) is 2. The second-order valence-electron chi connectivity index (χ2n) is 4.32. The summed E-state index contributed by atoms with van der Waals surface area (Å²) in [6.45, 7) is 1.60. The molecule has 0 bridgehead atoms. The fourth-order valence-electron chi connectivity index (χ4n) is 1.83. The van der Waals surface area contributed by atoms with Crippen LogP contribution in [0, 0.1) is 5.82 Å². The lowest BCUT2D eigenvalue weighted by Crippen LogP contribution is -2.45. The topological polar surface area (TPSA) is 88.2 Å². The van der Waals surface area contributed by atoms with Gasteiger partial charge in [-0.3, -0.25) is 5.21 Å². The maximum atomic E-state index is 12.8. The van der Waals surface area contributed by atoms with Gasteiger partial charge in [-0.15, -0.1) is 0 Å². The Hall–Kier alpha value is -2.15. The number of urea groups is 1. The third-order valence-corrected chi connectivity index (χ3v) is 3.02. The number of benzene rings is 1. The van der Waals surface area contributed by atoms with E-state index in [9.17, 15) is 14.4 Å². The molecule has 0 radical (unpaired) electrons. The fourth-order valence-corrected chi connectivity index (χ4v) is 1.83. The van der Waals surface area contributed by atoms with Gasteiger partial charge in [-0.05, 0) is 24.6 Å². The first-order valence-corrected chi connectivity index (χ1v) is 5.75. The van der Waals surface area contributed by atoms with Gasteiger partial charge in [0.25, 0.3) is 0 Å². The van der Waals surface area contributed by atoms with Gasteiger partial charge in [0.1, 0.15) is 5.82 Å². The molecule has 1 aromatic rings. The van der Waals surface area contributed by atoms with Crippen molar-refractivity contribution >= 4 is 11.7 Å². The standard InChI is InChI=1S/C12H14FN3O3/c1-7(16(18)12(14)17)11-6-10(15-19-11)8-2-4-9(13)5-3-8/h2-5,7,11,18H,6H2,1H3,(H2,14,17). The minimum absolute atomic E-state index is 0.330. The molecule has 0 saturated carbocycles. The molecule has 0 spiro atoms. The maximum Gasteiger partial charge on any atom is 0.338 e. The van der Waals surface area contributed by atoms with Gasteiger partial charge >= 0.3 is 6.03 Å². The van der Waals surface area contributed by atoms with Crippen LogP contribution in [0.15, 0.2) is 29.4 Å². The highest BCUT2D eigenvalue weighted by molar-refractivity contribution is 6.01. The van der Waals surface area contributed by atoms with Crippen LogP contribution in [0.3, 0.4) is 0 Å². The number of hydrogen-bond acceptors (Lipinski definition) is 4. The molecule has 7 heteroatoms. The van der Waals surface area contributed by atoms with Crippen molar-refractivity contribution < 1.29 is 19.2 Å². The van der Waals surface area contributed by atoms with E-state index in [4.69, 9.17) is 10.6 Å². The number of primary amides is 1. The molecule has 0 aromatic heterocycles. The largest absolute Gasteiger partial charge is 0.390 e. The van der Waals surface area contributed by atoms with Crippen molar-refractivity contribution in [3.63, 3.8) is 0 Å². The van der Waals surface area contributed by atoms with E-state index in [0.717, 1.165) is 5.56 Å². The summed E-state index contributed by atoms with van der Waals surface area (Å²) < 4.78 is 12.8. The SMILES string of the molecule is CC(C1CC(c2ccc(F)cc2)=NO1)N(O)C(N)=O. The average Bonchev–Trinajstić information content (AvgIpc) is 2.87. The number of halogens is 1. The number of carbonyl (C=O) groups excluding carboxylic acids is 1. The van der Waals surface area contributed by atoms with Gasteiger partial charge in [0.05, 0.1) is 11.8 Å². The zero-order valence-corrected chi connectivity index (χ0v) is 10.3. The Morgan fingerprint density at radius 2 is 2.21 bits per heavy atom. The van der Waals surface area contributed by atoms with E-state index in [1.165, 1.54) is 12.1 Å². The van der Waals surface area contributed by atoms with Gasteiger partial charge in [-0.2, -0.15) is 5.06 Å². The van der Waals surface area contributed by atoms with E-state index in [1.807, 2.05) is 0 Å². The summed E-state index contributed by atoms with van der Waals surface area (Å²) in [5.74, 6) is -0.330. The molecule has 0 fully saturated rings. The van der Waals surface area contributed by atoms with Gasteiger partial charge in [0, 0.05) is 6.42 Å². The first kappa shape index (κ1) is 13.3. The molecule has 102 valence electrons. The predicted molar refractivity (Wildman–Crippen MR) is 65.1 cm³/mol. The minimum Gasteiger partial charge on any atom is -0.390 e. The van der Waals surface area contributed by atoms with E-state index in [1.54, 1.807) is 19.1 Å². The Kier molecular flexibility index (Phi) is 3.66. The molecule has 1 aromatic carbocycles. The smallest absolute Gasteiger partial charge is 0.338 e. The molecule has 2 unspecified atom stereocenters. The predicted octanol–water partition coefficient (Wildman–Crippen LogP) is 1.48. The maximum absolute atomic E-state index is 12.8. The first-order chi connectivity index (χ1) is 8.99. The van der Waals surface area contributed by atoms with Crippen molar-refractivity contribution in [3.05, 3.63) is 35.6 Å². The summed E-state index contributed by atoms with van der Waals surface area (Å²) >= 11 is 0. The molecule has 6 nitrogen and oxygen atoms in total. The Morgan fingerprint density at radius 3 is 2.79 bits per heavy atom. The van der Waals surface area contributed by atoms with Gasteiger partial charge in [-0.1, -0.05) is 17.3 Å². The van der Waals surface area contributed by atoms with Crippen LogP contribution in [0.5, 0.6) is 0 Å². The number of hydroxylamine groups is 2. The van der Waals surface area contributed by atoms with Crippen LogP contribution in [0.25, 0.3) is 0 Å². The monoisotopic (exact) mass is 267 g/mol.